The number of aliphatic carboxylic acids is 1. The van der Waals surface area contributed by atoms with Crippen LogP contribution in [0.1, 0.15) is 11.7 Å². The number of methoxy groups -OCH3 is 1. The molecule has 6 nitrogen and oxygen atoms in total. The van der Waals surface area contributed by atoms with Gasteiger partial charge in [0, 0.05) is 14.2 Å². The molecule has 0 radical (unpaired) electrons. The van der Waals surface area contributed by atoms with Gasteiger partial charge in [0.05, 0.1) is 19.3 Å². The number of hydrogen-bond donors (Lipinski definition) is 1. The molecule has 0 aliphatic carbocycles. The standard InChI is InChI=1S/C15H19NO5/c1-16(12-9-21-8-11(12)15(18)19)14(17)13(20-2)10-6-4-3-5-7-10/h3-7,11-13H,8-9H2,1-2H3,(H,18,19). The van der Waals surface area contributed by atoms with Crippen LogP contribution in [-0.2, 0) is 19.1 Å². The zero-order valence-corrected chi connectivity index (χ0v) is 12.1. The van der Waals surface area contributed by atoms with Gasteiger partial charge >= 0.3 is 5.97 Å². The molecule has 21 heavy (non-hydrogen) atoms. The Balaban J connectivity index is 2.16. The summed E-state index contributed by atoms with van der Waals surface area (Å²) in [5.41, 5.74) is 0.739. The molecule has 0 bridgehead atoms. The molecule has 1 heterocycles. The first kappa shape index (κ1) is 15.5. The number of carboxylic acids is 1. The normalized spacial score (nSPS) is 22.8. The minimum absolute atomic E-state index is 0.126. The molecule has 6 heteroatoms. The lowest BCUT2D eigenvalue weighted by molar-refractivity contribution is -0.148. The first-order valence-corrected chi connectivity index (χ1v) is 6.71. The van der Waals surface area contributed by atoms with E-state index in [2.05, 4.69) is 0 Å². The molecule has 2 rings (SSSR count). The van der Waals surface area contributed by atoms with Gasteiger partial charge in [0.15, 0.2) is 6.10 Å². The highest BCUT2D eigenvalue weighted by Crippen LogP contribution is 2.24. The molecule has 1 aromatic carbocycles. The van der Waals surface area contributed by atoms with Crippen molar-refractivity contribution in [1.82, 2.24) is 4.90 Å². The number of carbonyl (C=O) groups is 2. The summed E-state index contributed by atoms with van der Waals surface area (Å²) in [6.45, 7) is 0.352. The van der Waals surface area contributed by atoms with E-state index < -0.39 is 24.0 Å². The Morgan fingerprint density at radius 1 is 1.33 bits per heavy atom. The Morgan fingerprint density at radius 3 is 2.57 bits per heavy atom. The summed E-state index contributed by atoms with van der Waals surface area (Å²) < 4.78 is 10.5. The lowest BCUT2D eigenvalue weighted by Gasteiger charge is -2.29. The van der Waals surface area contributed by atoms with Crippen molar-refractivity contribution in [2.45, 2.75) is 12.1 Å². The molecule has 1 aromatic rings. The number of carboxylic acid groups (broad SMARTS) is 1. The van der Waals surface area contributed by atoms with Crippen LogP contribution in [-0.4, -0.2) is 55.3 Å². The minimum Gasteiger partial charge on any atom is -0.481 e. The third-order valence-corrected chi connectivity index (χ3v) is 3.78. The van der Waals surface area contributed by atoms with Gasteiger partial charge in [-0.1, -0.05) is 30.3 Å². The number of ether oxygens (including phenoxy) is 2. The first-order valence-electron chi connectivity index (χ1n) is 6.71. The van der Waals surface area contributed by atoms with Crippen molar-refractivity contribution in [1.29, 1.82) is 0 Å². The third-order valence-electron chi connectivity index (χ3n) is 3.78. The topological polar surface area (TPSA) is 76.1 Å². The van der Waals surface area contributed by atoms with Crippen LogP contribution in [0.4, 0.5) is 0 Å². The van der Waals surface area contributed by atoms with Crippen molar-refractivity contribution in [2.75, 3.05) is 27.4 Å². The molecular formula is C15H19NO5. The maximum atomic E-state index is 12.6. The van der Waals surface area contributed by atoms with Crippen LogP contribution in [0, 0.1) is 5.92 Å². The smallest absolute Gasteiger partial charge is 0.311 e. The van der Waals surface area contributed by atoms with Gasteiger partial charge in [0.1, 0.15) is 5.92 Å². The Kier molecular flexibility index (Phi) is 4.93. The van der Waals surface area contributed by atoms with Crippen molar-refractivity contribution in [3.8, 4) is 0 Å². The van der Waals surface area contributed by atoms with E-state index in [4.69, 9.17) is 9.47 Å². The molecule has 0 aromatic heterocycles. The van der Waals surface area contributed by atoms with Gasteiger partial charge in [-0.3, -0.25) is 9.59 Å². The Hall–Kier alpha value is -1.92. The van der Waals surface area contributed by atoms with Crippen LogP contribution in [0.25, 0.3) is 0 Å². The zero-order valence-electron chi connectivity index (χ0n) is 12.1. The van der Waals surface area contributed by atoms with Crippen molar-refractivity contribution in [2.24, 2.45) is 5.92 Å². The van der Waals surface area contributed by atoms with E-state index in [9.17, 15) is 14.7 Å². The van der Waals surface area contributed by atoms with E-state index in [-0.39, 0.29) is 19.1 Å². The number of nitrogens with zero attached hydrogens (tertiary/aromatic N) is 1. The van der Waals surface area contributed by atoms with Crippen LogP contribution in [0.5, 0.6) is 0 Å². The number of amides is 1. The summed E-state index contributed by atoms with van der Waals surface area (Å²) in [4.78, 5) is 25.2. The number of likely N-dealkylation sites (N-methyl/N-ethyl adjacent to an activating group) is 1. The van der Waals surface area contributed by atoms with E-state index in [0.717, 1.165) is 5.56 Å². The summed E-state index contributed by atoms with van der Waals surface area (Å²) in [5, 5.41) is 9.18. The first-order chi connectivity index (χ1) is 10.1. The fourth-order valence-corrected chi connectivity index (χ4v) is 2.52. The average Bonchev–Trinajstić information content (AvgIpc) is 2.98. The predicted molar refractivity (Wildman–Crippen MR) is 74.7 cm³/mol. The van der Waals surface area contributed by atoms with Crippen LogP contribution >= 0.6 is 0 Å². The molecule has 114 valence electrons. The largest absolute Gasteiger partial charge is 0.481 e. The third kappa shape index (κ3) is 3.22. The SMILES string of the molecule is COC(C(=O)N(C)C1COCC1C(=O)O)c1ccccc1. The van der Waals surface area contributed by atoms with Crippen molar-refractivity contribution < 1.29 is 24.2 Å². The lowest BCUT2D eigenvalue weighted by Crippen LogP contribution is -2.46. The summed E-state index contributed by atoms with van der Waals surface area (Å²) in [5.74, 6) is -1.93. The van der Waals surface area contributed by atoms with Gasteiger partial charge < -0.3 is 19.5 Å². The lowest BCUT2D eigenvalue weighted by atomic mass is 10.0. The maximum absolute atomic E-state index is 12.6. The van der Waals surface area contributed by atoms with Gasteiger partial charge in [-0.25, -0.2) is 0 Å². The Bertz CT molecular complexity index is 504. The highest BCUT2D eigenvalue weighted by atomic mass is 16.5. The van der Waals surface area contributed by atoms with E-state index in [0.29, 0.717) is 0 Å². The molecule has 3 unspecified atom stereocenters. The molecule has 1 aliphatic rings. The van der Waals surface area contributed by atoms with Crippen molar-refractivity contribution in [3.63, 3.8) is 0 Å². The quantitative estimate of drug-likeness (QED) is 0.874. The molecule has 1 amide bonds. The number of benzene rings is 1. The van der Waals surface area contributed by atoms with Gasteiger partial charge in [-0.05, 0) is 5.56 Å². The summed E-state index contributed by atoms with van der Waals surface area (Å²) in [6, 6.07) is 8.65. The van der Waals surface area contributed by atoms with Gasteiger partial charge in [0.25, 0.3) is 5.91 Å². The van der Waals surface area contributed by atoms with Crippen LogP contribution in [0.3, 0.4) is 0 Å². The van der Waals surface area contributed by atoms with Crippen LogP contribution in [0.2, 0.25) is 0 Å². The molecule has 0 saturated carbocycles. The molecule has 1 fully saturated rings. The fourth-order valence-electron chi connectivity index (χ4n) is 2.52. The Morgan fingerprint density at radius 2 is 2.00 bits per heavy atom. The monoisotopic (exact) mass is 293 g/mol. The Labute approximate surface area is 123 Å². The highest BCUT2D eigenvalue weighted by molar-refractivity contribution is 5.83. The minimum atomic E-state index is -0.953. The second kappa shape index (κ2) is 6.69. The van der Waals surface area contributed by atoms with Crippen molar-refractivity contribution >= 4 is 11.9 Å². The second-order valence-corrected chi connectivity index (χ2v) is 5.03. The van der Waals surface area contributed by atoms with Gasteiger partial charge in [-0.2, -0.15) is 0 Å². The molecule has 1 saturated heterocycles. The molecule has 3 atom stereocenters. The molecule has 1 aliphatic heterocycles. The average molecular weight is 293 g/mol. The highest BCUT2D eigenvalue weighted by Gasteiger charge is 2.40. The van der Waals surface area contributed by atoms with E-state index >= 15 is 0 Å². The summed E-state index contributed by atoms with van der Waals surface area (Å²) >= 11 is 0. The molecule has 1 N–H and O–H groups in total. The second-order valence-electron chi connectivity index (χ2n) is 5.03. The van der Waals surface area contributed by atoms with E-state index in [1.165, 1.54) is 12.0 Å². The van der Waals surface area contributed by atoms with Crippen molar-refractivity contribution in [3.05, 3.63) is 35.9 Å². The number of carbonyl (C=O) groups excluding carboxylic acids is 1. The number of rotatable bonds is 5. The maximum Gasteiger partial charge on any atom is 0.311 e. The van der Waals surface area contributed by atoms with Gasteiger partial charge in [0.2, 0.25) is 0 Å². The van der Waals surface area contributed by atoms with Crippen LogP contribution in [0.15, 0.2) is 30.3 Å². The van der Waals surface area contributed by atoms with Gasteiger partial charge in [-0.15, -0.1) is 0 Å². The number of hydrogen-bond acceptors (Lipinski definition) is 4. The van der Waals surface area contributed by atoms with E-state index in [1.807, 2.05) is 18.2 Å². The zero-order chi connectivity index (χ0) is 15.4. The molecule has 0 spiro atoms. The molecular weight excluding hydrogens is 274 g/mol. The fraction of sp³-hybridized carbons (Fsp3) is 0.467. The van der Waals surface area contributed by atoms with E-state index in [1.54, 1.807) is 19.2 Å². The van der Waals surface area contributed by atoms with Crippen LogP contribution < -0.4 is 0 Å². The summed E-state index contributed by atoms with van der Waals surface area (Å²) in [6.07, 6.45) is -0.744. The predicted octanol–water partition coefficient (Wildman–Crippen LogP) is 0.932. The summed E-state index contributed by atoms with van der Waals surface area (Å²) in [7, 11) is 3.05.